The number of nitrogens with zero attached hydrogens (tertiary/aromatic N) is 1. The fourth-order valence-electron chi connectivity index (χ4n) is 2.45. The number of aliphatic hydroxyl groups is 1. The van der Waals surface area contributed by atoms with Gasteiger partial charge in [-0.05, 0) is 44.5 Å². The van der Waals surface area contributed by atoms with Crippen LogP contribution in [0.4, 0.5) is 10.1 Å². The topological polar surface area (TPSA) is 35.5 Å². The molecule has 1 atom stereocenters. The Labute approximate surface area is 108 Å². The molecule has 100 valence electrons. The van der Waals surface area contributed by atoms with Gasteiger partial charge in [-0.1, -0.05) is 0 Å². The highest BCUT2D eigenvalue weighted by Crippen LogP contribution is 2.27. The number of piperazine rings is 1. The first-order valence-electron chi connectivity index (χ1n) is 6.40. The molecule has 4 heteroatoms. The van der Waals surface area contributed by atoms with Crippen molar-refractivity contribution in [2.24, 2.45) is 0 Å². The van der Waals surface area contributed by atoms with Crippen LogP contribution in [-0.2, 0) is 0 Å². The maximum Gasteiger partial charge on any atom is 0.123 e. The Morgan fingerprint density at radius 3 is 2.67 bits per heavy atom. The Hall–Kier alpha value is -1.13. The summed E-state index contributed by atoms with van der Waals surface area (Å²) in [6.45, 7) is 6.21. The lowest BCUT2D eigenvalue weighted by Crippen LogP contribution is -2.62. The zero-order valence-electron chi connectivity index (χ0n) is 11.0. The molecule has 1 aromatic rings. The summed E-state index contributed by atoms with van der Waals surface area (Å²) in [7, 11) is 0. The molecule has 0 radical (unpaired) electrons. The highest BCUT2D eigenvalue weighted by atomic mass is 19.1. The fourth-order valence-corrected chi connectivity index (χ4v) is 2.45. The number of rotatable bonds is 3. The Kier molecular flexibility index (Phi) is 3.88. The molecule has 1 saturated heterocycles. The van der Waals surface area contributed by atoms with Crippen molar-refractivity contribution in [2.45, 2.75) is 31.8 Å². The molecule has 2 N–H and O–H groups in total. The largest absolute Gasteiger partial charge is 0.396 e. The molecule has 0 spiro atoms. The number of aliphatic hydroxyl groups excluding tert-OH is 1. The van der Waals surface area contributed by atoms with E-state index >= 15 is 0 Å². The zero-order valence-corrected chi connectivity index (χ0v) is 11.0. The van der Waals surface area contributed by atoms with E-state index < -0.39 is 0 Å². The molecule has 1 unspecified atom stereocenters. The Morgan fingerprint density at radius 2 is 2.06 bits per heavy atom. The molecule has 1 aliphatic heterocycles. The number of hydrogen-bond donors (Lipinski definition) is 2. The summed E-state index contributed by atoms with van der Waals surface area (Å²) in [6, 6.07) is 6.91. The molecule has 1 aliphatic rings. The lowest BCUT2D eigenvalue weighted by Gasteiger charge is -2.47. The lowest BCUT2D eigenvalue weighted by atomic mass is 9.95. The smallest absolute Gasteiger partial charge is 0.123 e. The van der Waals surface area contributed by atoms with E-state index in [9.17, 15) is 4.39 Å². The van der Waals surface area contributed by atoms with E-state index in [1.165, 1.54) is 12.1 Å². The minimum Gasteiger partial charge on any atom is -0.396 e. The summed E-state index contributed by atoms with van der Waals surface area (Å²) in [5, 5.41) is 12.5. The molecule has 0 saturated carbocycles. The van der Waals surface area contributed by atoms with Crippen LogP contribution in [0, 0.1) is 5.82 Å². The van der Waals surface area contributed by atoms with E-state index in [0.717, 1.165) is 25.2 Å². The van der Waals surface area contributed by atoms with E-state index in [2.05, 4.69) is 24.1 Å². The Morgan fingerprint density at radius 1 is 1.39 bits per heavy atom. The third kappa shape index (κ3) is 2.82. The van der Waals surface area contributed by atoms with Gasteiger partial charge in [-0.15, -0.1) is 0 Å². The maximum atomic E-state index is 13.0. The first-order chi connectivity index (χ1) is 8.53. The Bertz CT molecular complexity index is 391. The predicted octanol–water partition coefficient (Wildman–Crippen LogP) is 1.76. The third-order valence-corrected chi connectivity index (χ3v) is 3.57. The van der Waals surface area contributed by atoms with Gasteiger partial charge in [-0.25, -0.2) is 4.39 Å². The van der Waals surface area contributed by atoms with E-state index in [0.29, 0.717) is 0 Å². The van der Waals surface area contributed by atoms with Crippen LogP contribution >= 0.6 is 0 Å². The van der Waals surface area contributed by atoms with E-state index in [1.807, 2.05) is 12.1 Å². The van der Waals surface area contributed by atoms with E-state index in [4.69, 9.17) is 5.11 Å². The molecular formula is C14H21FN2O. The molecule has 1 heterocycles. The second-order valence-corrected chi connectivity index (χ2v) is 5.49. The SMILES string of the molecule is CC1(C)CNC(CCO)CN1c1ccc(F)cc1. The molecular weight excluding hydrogens is 231 g/mol. The van der Waals surface area contributed by atoms with Crippen molar-refractivity contribution in [1.82, 2.24) is 5.32 Å². The van der Waals surface area contributed by atoms with Gasteiger partial charge in [0.2, 0.25) is 0 Å². The minimum atomic E-state index is -0.210. The van der Waals surface area contributed by atoms with Crippen molar-refractivity contribution >= 4 is 5.69 Å². The summed E-state index contributed by atoms with van der Waals surface area (Å²) < 4.78 is 13.0. The predicted molar refractivity (Wildman–Crippen MR) is 71.3 cm³/mol. The normalized spacial score (nSPS) is 23.1. The Balaban J connectivity index is 2.18. The summed E-state index contributed by atoms with van der Waals surface area (Å²) in [4.78, 5) is 2.28. The number of benzene rings is 1. The van der Waals surface area contributed by atoms with Crippen LogP contribution in [0.15, 0.2) is 24.3 Å². The van der Waals surface area contributed by atoms with E-state index in [-0.39, 0.29) is 24.0 Å². The molecule has 1 aromatic carbocycles. The number of nitrogens with one attached hydrogen (secondary N) is 1. The van der Waals surface area contributed by atoms with Gasteiger partial charge in [0.05, 0.1) is 0 Å². The molecule has 0 aliphatic carbocycles. The number of hydrogen-bond acceptors (Lipinski definition) is 3. The molecule has 0 aromatic heterocycles. The number of halogens is 1. The standard InChI is InChI=1S/C14H21FN2O/c1-14(2)10-16-12(7-8-18)9-17(14)13-5-3-11(15)4-6-13/h3-6,12,16,18H,7-10H2,1-2H3. The lowest BCUT2D eigenvalue weighted by molar-refractivity contribution is 0.239. The highest BCUT2D eigenvalue weighted by Gasteiger charge is 2.33. The van der Waals surface area contributed by atoms with Crippen molar-refractivity contribution in [3.63, 3.8) is 0 Å². The summed E-state index contributed by atoms with van der Waals surface area (Å²) >= 11 is 0. The second kappa shape index (κ2) is 5.24. The van der Waals surface area contributed by atoms with Gasteiger partial charge in [0.25, 0.3) is 0 Å². The van der Waals surface area contributed by atoms with Crippen molar-refractivity contribution < 1.29 is 9.50 Å². The average Bonchev–Trinajstić information content (AvgIpc) is 2.33. The third-order valence-electron chi connectivity index (χ3n) is 3.57. The van der Waals surface area contributed by atoms with Crippen molar-refractivity contribution in [2.75, 3.05) is 24.6 Å². The zero-order chi connectivity index (χ0) is 13.2. The second-order valence-electron chi connectivity index (χ2n) is 5.49. The summed E-state index contributed by atoms with van der Waals surface area (Å²) in [5.74, 6) is -0.210. The van der Waals surface area contributed by atoms with Gasteiger partial charge in [-0.2, -0.15) is 0 Å². The molecule has 0 amide bonds. The quantitative estimate of drug-likeness (QED) is 0.860. The van der Waals surface area contributed by atoms with Gasteiger partial charge in [0, 0.05) is 37.0 Å². The minimum absolute atomic E-state index is 0.0101. The van der Waals surface area contributed by atoms with E-state index in [1.54, 1.807) is 0 Å². The van der Waals surface area contributed by atoms with Gasteiger partial charge in [0.1, 0.15) is 5.82 Å². The van der Waals surface area contributed by atoms with Crippen molar-refractivity contribution in [1.29, 1.82) is 0 Å². The first kappa shape index (κ1) is 13.3. The van der Waals surface area contributed by atoms with Crippen molar-refractivity contribution in [3.8, 4) is 0 Å². The van der Waals surface area contributed by atoms with Crippen LogP contribution in [0.3, 0.4) is 0 Å². The van der Waals surface area contributed by atoms with Crippen molar-refractivity contribution in [3.05, 3.63) is 30.1 Å². The van der Waals surface area contributed by atoms with Crippen LogP contribution in [0.25, 0.3) is 0 Å². The molecule has 2 rings (SSSR count). The van der Waals surface area contributed by atoms with Gasteiger partial charge in [-0.3, -0.25) is 0 Å². The summed E-state index contributed by atoms with van der Waals surface area (Å²) in [5.41, 5.74) is 1.02. The molecule has 0 bridgehead atoms. The van der Waals surface area contributed by atoms with Crippen LogP contribution in [-0.4, -0.2) is 36.4 Å². The summed E-state index contributed by atoms with van der Waals surface area (Å²) in [6.07, 6.45) is 0.744. The monoisotopic (exact) mass is 252 g/mol. The number of anilines is 1. The average molecular weight is 252 g/mol. The van der Waals surface area contributed by atoms with Gasteiger partial charge < -0.3 is 15.3 Å². The fraction of sp³-hybridized carbons (Fsp3) is 0.571. The highest BCUT2D eigenvalue weighted by molar-refractivity contribution is 5.49. The van der Waals surface area contributed by atoms with Crippen LogP contribution in [0.5, 0.6) is 0 Å². The first-order valence-corrected chi connectivity index (χ1v) is 6.40. The van der Waals surface area contributed by atoms with Crippen LogP contribution in [0.2, 0.25) is 0 Å². The maximum absolute atomic E-state index is 13.0. The van der Waals surface area contributed by atoms with Gasteiger partial charge >= 0.3 is 0 Å². The van der Waals surface area contributed by atoms with Crippen LogP contribution in [0.1, 0.15) is 20.3 Å². The molecule has 3 nitrogen and oxygen atoms in total. The molecule has 1 fully saturated rings. The van der Waals surface area contributed by atoms with Crippen LogP contribution < -0.4 is 10.2 Å². The molecule has 18 heavy (non-hydrogen) atoms. The van der Waals surface area contributed by atoms with Gasteiger partial charge in [0.15, 0.2) is 0 Å².